The summed E-state index contributed by atoms with van der Waals surface area (Å²) in [5, 5.41) is 2.77. The van der Waals surface area contributed by atoms with Crippen molar-refractivity contribution in [1.82, 2.24) is 10.2 Å². The van der Waals surface area contributed by atoms with E-state index in [0.717, 1.165) is 4.47 Å². The summed E-state index contributed by atoms with van der Waals surface area (Å²) in [5.74, 6) is 0.479. The average molecular weight is 475 g/mol. The highest BCUT2D eigenvalue weighted by Crippen LogP contribution is 2.28. The molecule has 0 spiro atoms. The summed E-state index contributed by atoms with van der Waals surface area (Å²) in [6.45, 7) is 1.87. The van der Waals surface area contributed by atoms with Gasteiger partial charge in [0.25, 0.3) is 11.8 Å². The Balaban J connectivity index is 1.92. The molecule has 7 nitrogen and oxygen atoms in total. The predicted octanol–water partition coefficient (Wildman–Crippen LogP) is 3.10. The van der Waals surface area contributed by atoms with Crippen molar-refractivity contribution in [1.29, 1.82) is 0 Å². The Kier molecular flexibility index (Phi) is 7.48. The SMILES string of the molecule is COc1ccc(C=C(NC(=O)c2ccc(Br)cc2)C(=O)N2CCOCC2)cc1OC. The molecule has 0 radical (unpaired) electrons. The van der Waals surface area contributed by atoms with Gasteiger partial charge in [0.1, 0.15) is 5.70 Å². The van der Waals surface area contributed by atoms with Crippen molar-refractivity contribution >= 4 is 33.8 Å². The highest BCUT2D eigenvalue weighted by Gasteiger charge is 2.23. The maximum atomic E-state index is 13.1. The fourth-order valence-electron chi connectivity index (χ4n) is 2.99. The molecule has 158 valence electrons. The van der Waals surface area contributed by atoms with Gasteiger partial charge in [-0.1, -0.05) is 22.0 Å². The number of halogens is 1. The Bertz CT molecular complexity index is 937. The number of nitrogens with one attached hydrogen (secondary N) is 1. The first-order valence-corrected chi connectivity index (χ1v) is 10.2. The van der Waals surface area contributed by atoms with Crippen LogP contribution in [0, 0.1) is 0 Å². The van der Waals surface area contributed by atoms with Crippen molar-refractivity contribution in [2.24, 2.45) is 0 Å². The molecule has 0 aromatic heterocycles. The lowest BCUT2D eigenvalue weighted by atomic mass is 10.1. The molecule has 0 saturated carbocycles. The quantitative estimate of drug-likeness (QED) is 0.650. The third-order valence-corrected chi connectivity index (χ3v) is 5.13. The molecule has 0 bridgehead atoms. The van der Waals surface area contributed by atoms with E-state index in [0.29, 0.717) is 48.9 Å². The summed E-state index contributed by atoms with van der Waals surface area (Å²) in [4.78, 5) is 27.5. The maximum absolute atomic E-state index is 13.1. The largest absolute Gasteiger partial charge is 0.493 e. The third-order valence-electron chi connectivity index (χ3n) is 4.60. The van der Waals surface area contributed by atoms with Crippen LogP contribution in [-0.2, 0) is 9.53 Å². The lowest BCUT2D eigenvalue weighted by Gasteiger charge is -2.28. The van der Waals surface area contributed by atoms with Gasteiger partial charge in [-0.05, 0) is 48.0 Å². The highest BCUT2D eigenvalue weighted by atomic mass is 79.9. The molecular formula is C22H23BrN2O5. The van der Waals surface area contributed by atoms with Crippen LogP contribution in [0.5, 0.6) is 11.5 Å². The minimum absolute atomic E-state index is 0.178. The normalized spacial score (nSPS) is 14.2. The molecule has 1 N–H and O–H groups in total. The number of carbonyl (C=O) groups excluding carboxylic acids is 2. The molecule has 1 heterocycles. The van der Waals surface area contributed by atoms with Gasteiger partial charge in [-0.3, -0.25) is 9.59 Å². The fraction of sp³-hybridized carbons (Fsp3) is 0.273. The molecule has 2 amide bonds. The van der Waals surface area contributed by atoms with Crippen LogP contribution < -0.4 is 14.8 Å². The predicted molar refractivity (Wildman–Crippen MR) is 117 cm³/mol. The van der Waals surface area contributed by atoms with E-state index in [1.165, 1.54) is 0 Å². The Hall–Kier alpha value is -2.84. The number of hydrogen-bond donors (Lipinski definition) is 1. The van der Waals surface area contributed by atoms with E-state index >= 15 is 0 Å². The minimum atomic E-state index is -0.365. The van der Waals surface area contributed by atoms with Crippen LogP contribution in [0.25, 0.3) is 6.08 Å². The standard InChI is InChI=1S/C22H23BrN2O5/c1-28-19-8-3-15(14-20(19)29-2)13-18(22(27)25-9-11-30-12-10-25)24-21(26)16-4-6-17(23)7-5-16/h3-8,13-14H,9-12H2,1-2H3,(H,24,26). The summed E-state index contributed by atoms with van der Waals surface area (Å²) >= 11 is 3.35. The number of methoxy groups -OCH3 is 2. The van der Waals surface area contributed by atoms with Gasteiger partial charge in [0.15, 0.2) is 11.5 Å². The van der Waals surface area contributed by atoms with E-state index in [9.17, 15) is 9.59 Å². The van der Waals surface area contributed by atoms with Gasteiger partial charge in [-0.25, -0.2) is 0 Å². The maximum Gasteiger partial charge on any atom is 0.270 e. The first-order chi connectivity index (χ1) is 14.5. The molecule has 1 aliphatic rings. The van der Waals surface area contributed by atoms with Crippen molar-refractivity contribution in [2.45, 2.75) is 0 Å². The van der Waals surface area contributed by atoms with E-state index in [-0.39, 0.29) is 17.5 Å². The van der Waals surface area contributed by atoms with Crippen molar-refractivity contribution in [3.63, 3.8) is 0 Å². The number of nitrogens with zero attached hydrogens (tertiary/aromatic N) is 1. The molecule has 1 aliphatic heterocycles. The summed E-state index contributed by atoms with van der Waals surface area (Å²) in [5.41, 5.74) is 1.32. The second kappa shape index (κ2) is 10.3. The zero-order chi connectivity index (χ0) is 21.5. The molecule has 30 heavy (non-hydrogen) atoms. The van der Waals surface area contributed by atoms with E-state index in [2.05, 4.69) is 21.2 Å². The van der Waals surface area contributed by atoms with Crippen LogP contribution in [0.2, 0.25) is 0 Å². The molecule has 0 aliphatic carbocycles. The molecular weight excluding hydrogens is 452 g/mol. The molecule has 3 rings (SSSR count). The summed E-state index contributed by atoms with van der Waals surface area (Å²) in [7, 11) is 3.10. The number of morpholine rings is 1. The van der Waals surface area contributed by atoms with Crippen LogP contribution in [0.15, 0.2) is 52.6 Å². The van der Waals surface area contributed by atoms with Crippen molar-refractivity contribution < 1.29 is 23.8 Å². The highest BCUT2D eigenvalue weighted by molar-refractivity contribution is 9.10. The lowest BCUT2D eigenvalue weighted by Crippen LogP contribution is -2.44. The van der Waals surface area contributed by atoms with Gasteiger partial charge in [-0.15, -0.1) is 0 Å². The van der Waals surface area contributed by atoms with Crippen LogP contribution >= 0.6 is 15.9 Å². The van der Waals surface area contributed by atoms with Crippen molar-refractivity contribution in [3.8, 4) is 11.5 Å². The number of carbonyl (C=O) groups is 2. The molecule has 8 heteroatoms. The van der Waals surface area contributed by atoms with Crippen molar-refractivity contribution in [2.75, 3.05) is 40.5 Å². The Morgan fingerprint density at radius 3 is 2.33 bits per heavy atom. The van der Waals surface area contributed by atoms with Crippen LogP contribution in [0.3, 0.4) is 0 Å². The minimum Gasteiger partial charge on any atom is -0.493 e. The lowest BCUT2D eigenvalue weighted by molar-refractivity contribution is -0.131. The zero-order valence-corrected chi connectivity index (χ0v) is 18.4. The van der Waals surface area contributed by atoms with E-state index in [1.807, 2.05) is 0 Å². The number of hydrogen-bond acceptors (Lipinski definition) is 5. The third kappa shape index (κ3) is 5.40. The van der Waals surface area contributed by atoms with E-state index in [4.69, 9.17) is 14.2 Å². The van der Waals surface area contributed by atoms with Gasteiger partial charge in [0.05, 0.1) is 27.4 Å². The first-order valence-electron chi connectivity index (χ1n) is 9.39. The second-order valence-electron chi connectivity index (χ2n) is 6.54. The van der Waals surface area contributed by atoms with Gasteiger partial charge in [0, 0.05) is 23.1 Å². The topological polar surface area (TPSA) is 77.1 Å². The molecule has 1 fully saturated rings. The number of benzene rings is 2. The number of amides is 2. The number of ether oxygens (including phenoxy) is 3. The summed E-state index contributed by atoms with van der Waals surface area (Å²) in [6.07, 6.45) is 1.64. The average Bonchev–Trinajstić information content (AvgIpc) is 2.79. The second-order valence-corrected chi connectivity index (χ2v) is 7.45. The zero-order valence-electron chi connectivity index (χ0n) is 16.8. The fourth-order valence-corrected chi connectivity index (χ4v) is 3.26. The molecule has 0 atom stereocenters. The molecule has 0 unspecified atom stereocenters. The van der Waals surface area contributed by atoms with Gasteiger partial charge in [-0.2, -0.15) is 0 Å². The Labute approximate surface area is 183 Å². The van der Waals surface area contributed by atoms with Gasteiger partial charge in [0.2, 0.25) is 0 Å². The van der Waals surface area contributed by atoms with Crippen LogP contribution in [0.1, 0.15) is 15.9 Å². The monoisotopic (exact) mass is 474 g/mol. The summed E-state index contributed by atoms with van der Waals surface area (Å²) in [6, 6.07) is 12.2. The summed E-state index contributed by atoms with van der Waals surface area (Å²) < 4.78 is 16.8. The van der Waals surface area contributed by atoms with Gasteiger partial charge < -0.3 is 24.4 Å². The van der Waals surface area contributed by atoms with Crippen LogP contribution in [-0.4, -0.2) is 57.2 Å². The van der Waals surface area contributed by atoms with E-state index in [1.54, 1.807) is 67.7 Å². The molecule has 2 aromatic carbocycles. The Morgan fingerprint density at radius 1 is 1.03 bits per heavy atom. The van der Waals surface area contributed by atoms with E-state index < -0.39 is 0 Å². The first kappa shape index (κ1) is 21.9. The smallest absolute Gasteiger partial charge is 0.270 e. The number of rotatable bonds is 6. The van der Waals surface area contributed by atoms with Gasteiger partial charge >= 0.3 is 0 Å². The Morgan fingerprint density at radius 2 is 1.70 bits per heavy atom. The molecule has 1 saturated heterocycles. The van der Waals surface area contributed by atoms with Crippen molar-refractivity contribution in [3.05, 3.63) is 63.8 Å². The molecule has 2 aromatic rings. The van der Waals surface area contributed by atoms with Crippen LogP contribution in [0.4, 0.5) is 0 Å².